The average Bonchev–Trinajstić information content (AvgIpc) is 2.85. The van der Waals surface area contributed by atoms with Crippen LogP contribution in [0.4, 0.5) is 4.39 Å². The van der Waals surface area contributed by atoms with Crippen molar-refractivity contribution in [1.29, 1.82) is 0 Å². The molecule has 1 aromatic heterocycles. The van der Waals surface area contributed by atoms with Crippen molar-refractivity contribution in [2.75, 3.05) is 6.54 Å². The van der Waals surface area contributed by atoms with Gasteiger partial charge in [0.1, 0.15) is 5.82 Å². The first-order chi connectivity index (χ1) is 8.66. The van der Waals surface area contributed by atoms with Crippen LogP contribution in [0.25, 0.3) is 0 Å². The molecule has 0 radical (unpaired) electrons. The molecule has 18 heavy (non-hydrogen) atoms. The van der Waals surface area contributed by atoms with Crippen LogP contribution in [-0.4, -0.2) is 27.4 Å². The number of carbonyl (C=O) groups is 1. The van der Waals surface area contributed by atoms with E-state index in [4.69, 9.17) is 0 Å². The number of hydrogen-bond donors (Lipinski definition) is 2. The fourth-order valence-electron chi connectivity index (χ4n) is 1.42. The van der Waals surface area contributed by atoms with Gasteiger partial charge in [-0.2, -0.15) is 0 Å². The quantitative estimate of drug-likeness (QED) is 0.816. The molecule has 0 aliphatic heterocycles. The molecule has 2 rings (SSSR count). The highest BCUT2D eigenvalue weighted by Crippen LogP contribution is 2.13. The Balaban J connectivity index is 1.93. The normalized spacial score (nSPS) is 10.3. The molecule has 5 nitrogen and oxygen atoms in total. The van der Waals surface area contributed by atoms with E-state index in [0.717, 1.165) is 0 Å². The summed E-state index contributed by atoms with van der Waals surface area (Å²) in [5.41, 5.74) is -0.0129. The fraction of sp³-hybridized carbons (Fsp3) is 0.182. The molecule has 7 heteroatoms. The van der Waals surface area contributed by atoms with Gasteiger partial charge in [-0.05, 0) is 18.2 Å². The maximum absolute atomic E-state index is 13.4. The van der Waals surface area contributed by atoms with E-state index in [0.29, 0.717) is 18.0 Å². The molecule has 2 aromatic rings. The number of hydrogen-bond acceptors (Lipinski definition) is 4. The molecule has 0 spiro atoms. The van der Waals surface area contributed by atoms with Crippen molar-refractivity contribution in [3.05, 3.63) is 42.0 Å². The van der Waals surface area contributed by atoms with Crippen LogP contribution in [0.3, 0.4) is 0 Å². The maximum Gasteiger partial charge on any atom is 0.254 e. The van der Waals surface area contributed by atoms with Gasteiger partial charge in [-0.25, -0.2) is 4.39 Å². The smallest absolute Gasteiger partial charge is 0.254 e. The van der Waals surface area contributed by atoms with Crippen molar-refractivity contribution in [3.63, 3.8) is 0 Å². The molecular formula is C11H11FN4OS. The van der Waals surface area contributed by atoms with Crippen molar-refractivity contribution < 1.29 is 9.18 Å². The van der Waals surface area contributed by atoms with E-state index < -0.39 is 11.7 Å². The van der Waals surface area contributed by atoms with Gasteiger partial charge in [0.25, 0.3) is 5.91 Å². The zero-order chi connectivity index (χ0) is 13.0. The van der Waals surface area contributed by atoms with Crippen LogP contribution in [-0.2, 0) is 6.54 Å². The minimum Gasteiger partial charge on any atom is -0.350 e. The zero-order valence-corrected chi connectivity index (χ0v) is 10.3. The Morgan fingerprint density at radius 2 is 2.33 bits per heavy atom. The van der Waals surface area contributed by atoms with E-state index in [1.807, 2.05) is 0 Å². The van der Waals surface area contributed by atoms with Gasteiger partial charge in [-0.1, -0.05) is 5.21 Å². The van der Waals surface area contributed by atoms with Crippen LogP contribution >= 0.6 is 12.6 Å². The number of nitrogens with one attached hydrogen (secondary N) is 1. The van der Waals surface area contributed by atoms with Crippen LogP contribution in [0.5, 0.6) is 0 Å². The average molecular weight is 266 g/mol. The van der Waals surface area contributed by atoms with Gasteiger partial charge in [-0.3, -0.25) is 9.48 Å². The summed E-state index contributed by atoms with van der Waals surface area (Å²) >= 11 is 4.07. The molecule has 0 aliphatic rings. The number of halogens is 1. The molecule has 0 atom stereocenters. The van der Waals surface area contributed by atoms with E-state index in [-0.39, 0.29) is 5.56 Å². The SMILES string of the molecule is O=C(NCCn1ccnn1)c1cc(S)ccc1F. The zero-order valence-electron chi connectivity index (χ0n) is 9.38. The number of thiol groups is 1. The van der Waals surface area contributed by atoms with Crippen molar-refractivity contribution in [1.82, 2.24) is 20.3 Å². The molecule has 1 aromatic carbocycles. The Labute approximate surface area is 108 Å². The number of benzene rings is 1. The number of carbonyl (C=O) groups excluding carboxylic acids is 1. The summed E-state index contributed by atoms with van der Waals surface area (Å²) < 4.78 is 15.0. The van der Waals surface area contributed by atoms with Gasteiger partial charge in [0.2, 0.25) is 0 Å². The standard InChI is InChI=1S/C11H11FN4OS/c12-10-2-1-8(18)7-9(10)11(17)13-3-5-16-6-4-14-15-16/h1-2,4,6-7,18H,3,5H2,(H,13,17). The third kappa shape index (κ3) is 3.07. The Kier molecular flexibility index (Phi) is 3.93. The predicted octanol–water partition coefficient (Wildman–Crippen LogP) is 1.14. The summed E-state index contributed by atoms with van der Waals surface area (Å²) in [5.74, 6) is -1.03. The van der Waals surface area contributed by atoms with Crippen LogP contribution in [0.1, 0.15) is 10.4 Å². The third-order valence-electron chi connectivity index (χ3n) is 2.29. The predicted molar refractivity (Wildman–Crippen MR) is 66.0 cm³/mol. The monoisotopic (exact) mass is 266 g/mol. The van der Waals surface area contributed by atoms with Gasteiger partial charge in [0.15, 0.2) is 0 Å². The van der Waals surface area contributed by atoms with E-state index in [9.17, 15) is 9.18 Å². The topological polar surface area (TPSA) is 59.8 Å². The summed E-state index contributed by atoms with van der Waals surface area (Å²) in [7, 11) is 0. The van der Waals surface area contributed by atoms with E-state index in [1.54, 1.807) is 17.1 Å². The first kappa shape index (κ1) is 12.6. The molecule has 0 saturated carbocycles. The number of amides is 1. The van der Waals surface area contributed by atoms with Crippen molar-refractivity contribution >= 4 is 18.5 Å². The molecule has 1 N–H and O–H groups in total. The molecule has 0 bridgehead atoms. The van der Waals surface area contributed by atoms with E-state index in [2.05, 4.69) is 28.3 Å². The lowest BCUT2D eigenvalue weighted by Gasteiger charge is -2.06. The van der Waals surface area contributed by atoms with Crippen LogP contribution < -0.4 is 5.32 Å². The van der Waals surface area contributed by atoms with Crippen molar-refractivity contribution in [3.8, 4) is 0 Å². The lowest BCUT2D eigenvalue weighted by Crippen LogP contribution is -2.28. The van der Waals surface area contributed by atoms with Gasteiger partial charge in [-0.15, -0.1) is 17.7 Å². The van der Waals surface area contributed by atoms with Gasteiger partial charge in [0.05, 0.1) is 18.3 Å². The van der Waals surface area contributed by atoms with Crippen LogP contribution in [0.2, 0.25) is 0 Å². The second kappa shape index (κ2) is 5.63. The van der Waals surface area contributed by atoms with Gasteiger partial charge >= 0.3 is 0 Å². The highest BCUT2D eigenvalue weighted by Gasteiger charge is 2.11. The van der Waals surface area contributed by atoms with Crippen LogP contribution in [0.15, 0.2) is 35.5 Å². The summed E-state index contributed by atoms with van der Waals surface area (Å²) in [6.07, 6.45) is 3.23. The summed E-state index contributed by atoms with van der Waals surface area (Å²) in [4.78, 5) is 12.3. The Morgan fingerprint density at radius 1 is 1.50 bits per heavy atom. The minimum absolute atomic E-state index is 0.0129. The summed E-state index contributed by atoms with van der Waals surface area (Å²) in [6.45, 7) is 0.826. The maximum atomic E-state index is 13.4. The van der Waals surface area contributed by atoms with Crippen molar-refractivity contribution in [2.45, 2.75) is 11.4 Å². The molecule has 1 heterocycles. The molecule has 94 valence electrons. The second-order valence-electron chi connectivity index (χ2n) is 3.59. The Bertz CT molecular complexity index is 544. The van der Waals surface area contributed by atoms with Gasteiger partial charge in [0, 0.05) is 17.6 Å². The highest BCUT2D eigenvalue weighted by atomic mass is 32.1. The highest BCUT2D eigenvalue weighted by molar-refractivity contribution is 7.80. The lowest BCUT2D eigenvalue weighted by molar-refractivity contribution is 0.0947. The van der Waals surface area contributed by atoms with E-state index >= 15 is 0 Å². The van der Waals surface area contributed by atoms with Crippen LogP contribution in [0, 0.1) is 5.82 Å². The molecular weight excluding hydrogens is 255 g/mol. The molecule has 0 aliphatic carbocycles. The largest absolute Gasteiger partial charge is 0.350 e. The summed E-state index contributed by atoms with van der Waals surface area (Å²) in [6, 6.07) is 4.10. The number of aromatic nitrogens is 3. The first-order valence-corrected chi connectivity index (χ1v) is 5.72. The molecule has 1 amide bonds. The lowest BCUT2D eigenvalue weighted by atomic mass is 10.2. The number of nitrogens with zero attached hydrogens (tertiary/aromatic N) is 3. The second-order valence-corrected chi connectivity index (χ2v) is 4.10. The third-order valence-corrected chi connectivity index (χ3v) is 2.57. The van der Waals surface area contributed by atoms with Crippen molar-refractivity contribution in [2.24, 2.45) is 0 Å². The number of rotatable bonds is 4. The van der Waals surface area contributed by atoms with E-state index in [1.165, 1.54) is 18.2 Å². The molecule has 0 fully saturated rings. The minimum atomic E-state index is -0.564. The Hall–Kier alpha value is -1.89. The Morgan fingerprint density at radius 3 is 3.06 bits per heavy atom. The molecule has 0 unspecified atom stereocenters. The van der Waals surface area contributed by atoms with Gasteiger partial charge < -0.3 is 5.32 Å². The molecule has 0 saturated heterocycles. The first-order valence-electron chi connectivity index (χ1n) is 5.27. The fourth-order valence-corrected chi connectivity index (χ4v) is 1.62. The summed E-state index contributed by atoms with van der Waals surface area (Å²) in [5, 5.41) is 9.98.